The maximum absolute atomic E-state index is 9.96. The molecule has 0 spiro atoms. The predicted octanol–water partition coefficient (Wildman–Crippen LogP) is 2.86. The van der Waals surface area contributed by atoms with E-state index in [4.69, 9.17) is 0 Å². The number of thioether (sulfide) groups is 1. The van der Waals surface area contributed by atoms with Gasteiger partial charge in [-0.05, 0) is 32.8 Å². The third-order valence-electron chi connectivity index (χ3n) is 2.20. The molecule has 1 aromatic heterocycles. The molecule has 100 valence electrons. The molecule has 1 heterocycles. The Morgan fingerprint density at radius 3 is 2.41 bits per heavy atom. The van der Waals surface area contributed by atoms with E-state index in [1.54, 1.807) is 11.8 Å². The maximum atomic E-state index is 9.96. The van der Waals surface area contributed by atoms with E-state index < -0.39 is 0 Å². The van der Waals surface area contributed by atoms with Gasteiger partial charge < -0.3 is 10.0 Å². The molecule has 0 aliphatic carbocycles. The minimum atomic E-state index is 0. The molecule has 0 bridgehead atoms. The van der Waals surface area contributed by atoms with Gasteiger partial charge in [0.05, 0.1) is 5.69 Å². The molecule has 0 saturated heterocycles. The molecular weight excluding hydrogens is 279 g/mol. The summed E-state index contributed by atoms with van der Waals surface area (Å²) in [6.07, 6.45) is 3.92. The molecular formula is C11H20Cl2N2OS. The zero-order valence-electron chi connectivity index (χ0n) is 10.6. The first kappa shape index (κ1) is 19.2. The maximum Gasteiger partial charge on any atom is 0.141 e. The number of aromatic hydroxyl groups is 1. The first-order chi connectivity index (χ1) is 7.06. The molecule has 0 radical (unpaired) electrons. The molecule has 0 atom stereocenters. The third kappa shape index (κ3) is 5.34. The van der Waals surface area contributed by atoms with Crippen LogP contribution in [0.2, 0.25) is 0 Å². The predicted molar refractivity (Wildman–Crippen MR) is 79.7 cm³/mol. The van der Waals surface area contributed by atoms with Gasteiger partial charge in [0.1, 0.15) is 5.75 Å². The summed E-state index contributed by atoms with van der Waals surface area (Å²) >= 11 is 1.74. The Labute approximate surface area is 120 Å². The van der Waals surface area contributed by atoms with E-state index in [9.17, 15) is 5.11 Å². The lowest BCUT2D eigenvalue weighted by molar-refractivity contribution is 0.382. The van der Waals surface area contributed by atoms with Crippen molar-refractivity contribution >= 4 is 36.6 Å². The summed E-state index contributed by atoms with van der Waals surface area (Å²) in [4.78, 5) is 6.24. The lowest BCUT2D eigenvalue weighted by Crippen LogP contribution is -2.13. The van der Waals surface area contributed by atoms with Crippen molar-refractivity contribution < 1.29 is 5.11 Å². The highest BCUT2D eigenvalue weighted by Crippen LogP contribution is 2.26. The molecule has 6 heteroatoms. The summed E-state index contributed by atoms with van der Waals surface area (Å²) in [7, 11) is 4.00. The number of pyridine rings is 1. The summed E-state index contributed by atoms with van der Waals surface area (Å²) in [6.45, 7) is 2.59. The normalized spacial score (nSPS) is 9.71. The first-order valence-corrected chi connectivity index (χ1v) is 6.25. The molecule has 3 nitrogen and oxygen atoms in total. The van der Waals surface area contributed by atoms with Crippen molar-refractivity contribution in [3.63, 3.8) is 0 Å². The van der Waals surface area contributed by atoms with Crippen LogP contribution in [0.3, 0.4) is 0 Å². The van der Waals surface area contributed by atoms with Gasteiger partial charge in [0.15, 0.2) is 0 Å². The Morgan fingerprint density at radius 2 is 1.94 bits per heavy atom. The van der Waals surface area contributed by atoms with Crippen LogP contribution in [0.25, 0.3) is 0 Å². The van der Waals surface area contributed by atoms with E-state index in [-0.39, 0.29) is 24.8 Å². The van der Waals surface area contributed by atoms with Crippen LogP contribution < -0.4 is 0 Å². The van der Waals surface area contributed by atoms with Crippen molar-refractivity contribution in [2.24, 2.45) is 0 Å². The third-order valence-corrected chi connectivity index (χ3v) is 2.80. The first-order valence-electron chi connectivity index (χ1n) is 4.86. The number of hydrogen-bond acceptors (Lipinski definition) is 4. The molecule has 0 unspecified atom stereocenters. The Hall–Kier alpha value is -0.160. The minimum absolute atomic E-state index is 0. The zero-order valence-corrected chi connectivity index (χ0v) is 13.0. The van der Waals surface area contributed by atoms with Crippen LogP contribution in [0.15, 0.2) is 6.20 Å². The lowest BCUT2D eigenvalue weighted by Gasteiger charge is -2.16. The summed E-state index contributed by atoms with van der Waals surface area (Å²) in [6, 6.07) is 0. The van der Waals surface area contributed by atoms with Crippen LogP contribution in [0, 0.1) is 6.92 Å². The van der Waals surface area contributed by atoms with E-state index >= 15 is 0 Å². The van der Waals surface area contributed by atoms with E-state index in [0.717, 1.165) is 23.4 Å². The van der Waals surface area contributed by atoms with Crippen molar-refractivity contribution in [2.45, 2.75) is 19.2 Å². The van der Waals surface area contributed by atoms with Gasteiger partial charge in [-0.3, -0.25) is 4.98 Å². The fraction of sp³-hybridized carbons (Fsp3) is 0.545. The van der Waals surface area contributed by atoms with E-state index in [1.165, 1.54) is 0 Å². The molecule has 0 fully saturated rings. The Kier molecular flexibility index (Phi) is 10.0. The molecule has 0 aliphatic rings. The summed E-state index contributed by atoms with van der Waals surface area (Å²) in [5.41, 5.74) is 2.83. The Bertz CT molecular complexity index is 348. The average molecular weight is 299 g/mol. The van der Waals surface area contributed by atoms with Gasteiger partial charge >= 0.3 is 0 Å². The second-order valence-corrected chi connectivity index (χ2v) is 4.73. The quantitative estimate of drug-likeness (QED) is 0.927. The smallest absolute Gasteiger partial charge is 0.141 e. The van der Waals surface area contributed by atoms with Gasteiger partial charge in [-0.1, -0.05) is 0 Å². The molecule has 1 aromatic rings. The number of rotatable bonds is 4. The highest BCUT2D eigenvalue weighted by molar-refractivity contribution is 7.97. The lowest BCUT2D eigenvalue weighted by atomic mass is 10.1. The largest absolute Gasteiger partial charge is 0.506 e. The topological polar surface area (TPSA) is 36.4 Å². The van der Waals surface area contributed by atoms with Crippen LogP contribution in [-0.2, 0) is 12.3 Å². The monoisotopic (exact) mass is 298 g/mol. The second-order valence-electron chi connectivity index (χ2n) is 3.87. The molecule has 0 amide bonds. The van der Waals surface area contributed by atoms with E-state index in [1.807, 2.05) is 27.2 Å². The number of nitrogens with zero attached hydrogens (tertiary/aromatic N) is 2. The van der Waals surface area contributed by atoms with Gasteiger partial charge in [-0.25, -0.2) is 0 Å². The van der Waals surface area contributed by atoms with Crippen LogP contribution in [0.5, 0.6) is 5.75 Å². The van der Waals surface area contributed by atoms with Gasteiger partial charge in [0.2, 0.25) is 0 Å². The molecule has 0 saturated carbocycles. The zero-order chi connectivity index (χ0) is 11.4. The fourth-order valence-electron chi connectivity index (χ4n) is 1.46. The number of halogens is 2. The summed E-state index contributed by atoms with van der Waals surface area (Å²) in [5.74, 6) is 1.24. The van der Waals surface area contributed by atoms with Crippen LogP contribution in [-0.4, -0.2) is 35.3 Å². The summed E-state index contributed by atoms with van der Waals surface area (Å²) < 4.78 is 0. The number of aryl methyl sites for hydroxylation is 1. The van der Waals surface area contributed by atoms with Crippen LogP contribution >= 0.6 is 36.6 Å². The van der Waals surface area contributed by atoms with Crippen molar-refractivity contribution in [3.8, 4) is 5.75 Å². The molecule has 1 rings (SSSR count). The van der Waals surface area contributed by atoms with Gasteiger partial charge in [-0.15, -0.1) is 24.8 Å². The van der Waals surface area contributed by atoms with Crippen LogP contribution in [0.4, 0.5) is 0 Å². The van der Waals surface area contributed by atoms with Crippen LogP contribution in [0.1, 0.15) is 16.8 Å². The fourth-order valence-corrected chi connectivity index (χ4v) is 2.02. The molecule has 0 aromatic carbocycles. The Balaban J connectivity index is 0. The second kappa shape index (κ2) is 8.86. The minimum Gasteiger partial charge on any atom is -0.506 e. The van der Waals surface area contributed by atoms with Gasteiger partial charge in [0.25, 0.3) is 0 Å². The van der Waals surface area contributed by atoms with Gasteiger partial charge in [0, 0.05) is 24.1 Å². The molecule has 17 heavy (non-hydrogen) atoms. The summed E-state index contributed by atoms with van der Waals surface area (Å²) in [5, 5.41) is 9.96. The van der Waals surface area contributed by atoms with Crippen molar-refractivity contribution in [1.29, 1.82) is 0 Å². The number of aromatic nitrogens is 1. The van der Waals surface area contributed by atoms with E-state index in [2.05, 4.69) is 16.1 Å². The molecule has 1 N–H and O–H groups in total. The average Bonchev–Trinajstić information content (AvgIpc) is 2.17. The molecule has 0 aliphatic heterocycles. The SMILES string of the molecule is CSCc1cnc(C)c(O)c1CN(C)C.Cl.Cl. The van der Waals surface area contributed by atoms with Gasteiger partial charge in [-0.2, -0.15) is 11.8 Å². The van der Waals surface area contributed by atoms with Crippen molar-refractivity contribution in [1.82, 2.24) is 9.88 Å². The van der Waals surface area contributed by atoms with Crippen molar-refractivity contribution in [3.05, 3.63) is 23.0 Å². The standard InChI is InChI=1S/C11H18N2OS.2ClH/c1-8-11(14)10(6-13(2)3)9(5-12-8)7-15-4;;/h5,14H,6-7H2,1-4H3;2*1H. The number of hydrogen-bond donors (Lipinski definition) is 1. The van der Waals surface area contributed by atoms with E-state index in [0.29, 0.717) is 11.4 Å². The van der Waals surface area contributed by atoms with Crippen molar-refractivity contribution in [2.75, 3.05) is 20.4 Å². The Morgan fingerprint density at radius 1 is 1.35 bits per heavy atom. The highest BCUT2D eigenvalue weighted by Gasteiger charge is 2.11. The highest BCUT2D eigenvalue weighted by atomic mass is 35.5.